The molecule has 0 fully saturated rings. The maximum atomic E-state index is 11.7. The molecule has 2 aromatic carbocycles. The molecule has 2 aromatic heterocycles. The van der Waals surface area contributed by atoms with E-state index in [1.165, 1.54) is 0 Å². The highest BCUT2D eigenvalue weighted by molar-refractivity contribution is 5.93. The molecule has 4 rings (SSSR count). The summed E-state index contributed by atoms with van der Waals surface area (Å²) in [6.07, 6.45) is 0. The molecule has 29 heavy (non-hydrogen) atoms. The minimum absolute atomic E-state index is 0.0593. The highest BCUT2D eigenvalue weighted by Crippen LogP contribution is 2.30. The Morgan fingerprint density at radius 3 is 2.52 bits per heavy atom. The molecule has 1 amide bonds. The van der Waals surface area contributed by atoms with E-state index in [1.807, 2.05) is 50.2 Å². The quantitative estimate of drug-likeness (QED) is 0.548. The van der Waals surface area contributed by atoms with E-state index in [2.05, 4.69) is 17.1 Å². The van der Waals surface area contributed by atoms with E-state index < -0.39 is 5.91 Å². The summed E-state index contributed by atoms with van der Waals surface area (Å²) in [5, 5.41) is 12.1. The SMILES string of the molecule is Cc1n[nH]c(C)c1C(C)c1nc(-c2ccccc2)nn1-c1cccc(C(N)=O)c1. The Labute approximate surface area is 168 Å². The fourth-order valence-electron chi connectivity index (χ4n) is 3.62. The number of amides is 1. The second-order valence-corrected chi connectivity index (χ2v) is 7.06. The predicted molar refractivity (Wildman–Crippen MR) is 111 cm³/mol. The third-order valence-corrected chi connectivity index (χ3v) is 5.04. The van der Waals surface area contributed by atoms with Crippen molar-refractivity contribution < 1.29 is 4.79 Å². The number of benzene rings is 2. The first kappa shape index (κ1) is 18.6. The fraction of sp³-hybridized carbons (Fsp3) is 0.182. The van der Waals surface area contributed by atoms with Gasteiger partial charge in [0.2, 0.25) is 5.91 Å². The van der Waals surface area contributed by atoms with Crippen LogP contribution in [-0.2, 0) is 0 Å². The van der Waals surface area contributed by atoms with Crippen molar-refractivity contribution in [2.75, 3.05) is 0 Å². The standard InChI is InChI=1S/C22H22N6O/c1-13(19-14(2)25-26-15(19)3)22-24-21(16-8-5-4-6-9-16)27-28(22)18-11-7-10-17(12-18)20(23)29/h4-13H,1-3H3,(H2,23,29)(H,25,26). The number of nitrogens with zero attached hydrogens (tertiary/aromatic N) is 4. The number of hydrogen-bond acceptors (Lipinski definition) is 4. The third-order valence-electron chi connectivity index (χ3n) is 5.04. The van der Waals surface area contributed by atoms with Crippen LogP contribution in [-0.4, -0.2) is 30.9 Å². The number of primary amides is 1. The lowest BCUT2D eigenvalue weighted by atomic mass is 9.98. The lowest BCUT2D eigenvalue weighted by molar-refractivity contribution is 0.1000. The largest absolute Gasteiger partial charge is 0.366 e. The van der Waals surface area contributed by atoms with Crippen molar-refractivity contribution >= 4 is 5.91 Å². The lowest BCUT2D eigenvalue weighted by Gasteiger charge is -2.13. The van der Waals surface area contributed by atoms with Gasteiger partial charge in [-0.05, 0) is 32.0 Å². The molecule has 7 nitrogen and oxygen atoms in total. The van der Waals surface area contributed by atoms with E-state index in [-0.39, 0.29) is 5.92 Å². The van der Waals surface area contributed by atoms with E-state index in [0.717, 1.165) is 34.0 Å². The van der Waals surface area contributed by atoms with Crippen molar-refractivity contribution in [2.45, 2.75) is 26.7 Å². The van der Waals surface area contributed by atoms with E-state index in [0.29, 0.717) is 11.4 Å². The van der Waals surface area contributed by atoms with Gasteiger partial charge in [-0.2, -0.15) is 5.10 Å². The molecule has 1 atom stereocenters. The van der Waals surface area contributed by atoms with Gasteiger partial charge in [-0.1, -0.05) is 43.3 Å². The molecule has 7 heteroatoms. The van der Waals surface area contributed by atoms with Crippen LogP contribution in [0.1, 0.15) is 46.0 Å². The minimum atomic E-state index is -0.480. The number of carbonyl (C=O) groups is 1. The Morgan fingerprint density at radius 1 is 1.10 bits per heavy atom. The topological polar surface area (TPSA) is 102 Å². The molecule has 0 aliphatic rings. The highest BCUT2D eigenvalue weighted by atomic mass is 16.1. The summed E-state index contributed by atoms with van der Waals surface area (Å²) in [5.41, 5.74) is 10.6. The number of nitrogens with one attached hydrogen (secondary N) is 1. The molecule has 0 spiro atoms. The number of nitrogens with two attached hydrogens (primary N) is 1. The Hall–Kier alpha value is -3.74. The van der Waals surface area contributed by atoms with Gasteiger partial charge in [-0.3, -0.25) is 9.89 Å². The summed E-state index contributed by atoms with van der Waals surface area (Å²) >= 11 is 0. The zero-order valence-corrected chi connectivity index (χ0v) is 16.5. The average molecular weight is 386 g/mol. The lowest BCUT2D eigenvalue weighted by Crippen LogP contribution is -2.13. The van der Waals surface area contributed by atoms with Gasteiger partial charge >= 0.3 is 0 Å². The Morgan fingerprint density at radius 2 is 1.86 bits per heavy atom. The zero-order valence-electron chi connectivity index (χ0n) is 16.5. The van der Waals surface area contributed by atoms with Crippen molar-refractivity contribution in [1.82, 2.24) is 25.0 Å². The zero-order chi connectivity index (χ0) is 20.5. The predicted octanol–water partition coefficient (Wildman–Crippen LogP) is 3.52. The maximum absolute atomic E-state index is 11.7. The van der Waals surface area contributed by atoms with Crippen molar-refractivity contribution in [3.8, 4) is 17.1 Å². The number of aromatic amines is 1. The first-order chi connectivity index (χ1) is 14.0. The number of H-pyrrole nitrogens is 1. The normalized spacial score (nSPS) is 12.1. The van der Waals surface area contributed by atoms with Gasteiger partial charge in [0.15, 0.2) is 5.82 Å². The van der Waals surface area contributed by atoms with E-state index in [4.69, 9.17) is 15.8 Å². The molecule has 0 aliphatic carbocycles. The molecule has 0 saturated heterocycles. The molecule has 1 unspecified atom stereocenters. The first-order valence-corrected chi connectivity index (χ1v) is 9.39. The van der Waals surface area contributed by atoms with Crippen LogP contribution < -0.4 is 5.73 Å². The number of carbonyl (C=O) groups excluding carboxylic acids is 1. The van der Waals surface area contributed by atoms with E-state index in [9.17, 15) is 4.79 Å². The molecule has 3 N–H and O–H groups in total. The van der Waals surface area contributed by atoms with Crippen LogP contribution in [0.2, 0.25) is 0 Å². The van der Waals surface area contributed by atoms with Crippen molar-refractivity contribution in [3.05, 3.63) is 82.9 Å². The Bertz CT molecular complexity index is 1160. The number of hydrogen-bond donors (Lipinski definition) is 2. The van der Waals surface area contributed by atoms with Gasteiger partial charge < -0.3 is 5.73 Å². The van der Waals surface area contributed by atoms with Crippen molar-refractivity contribution in [1.29, 1.82) is 0 Å². The molecule has 2 heterocycles. The molecule has 0 saturated carbocycles. The van der Waals surface area contributed by atoms with Crippen LogP contribution in [0.25, 0.3) is 17.1 Å². The summed E-state index contributed by atoms with van der Waals surface area (Å²) in [7, 11) is 0. The van der Waals surface area contributed by atoms with Crippen LogP contribution in [0.5, 0.6) is 0 Å². The summed E-state index contributed by atoms with van der Waals surface area (Å²) in [4.78, 5) is 16.5. The van der Waals surface area contributed by atoms with Gasteiger partial charge in [0.1, 0.15) is 5.82 Å². The van der Waals surface area contributed by atoms with Gasteiger partial charge in [-0.25, -0.2) is 9.67 Å². The second kappa shape index (κ2) is 7.35. The van der Waals surface area contributed by atoms with Crippen LogP contribution in [0, 0.1) is 13.8 Å². The maximum Gasteiger partial charge on any atom is 0.248 e. The molecule has 0 bridgehead atoms. The average Bonchev–Trinajstić information content (AvgIpc) is 3.32. The smallest absolute Gasteiger partial charge is 0.248 e. The summed E-state index contributed by atoms with van der Waals surface area (Å²) in [6.45, 7) is 6.05. The summed E-state index contributed by atoms with van der Waals surface area (Å²) in [5.74, 6) is 0.844. The molecular weight excluding hydrogens is 364 g/mol. The first-order valence-electron chi connectivity index (χ1n) is 9.39. The number of aryl methyl sites for hydroxylation is 2. The fourth-order valence-corrected chi connectivity index (χ4v) is 3.62. The van der Waals surface area contributed by atoms with Gasteiger partial charge in [-0.15, -0.1) is 5.10 Å². The molecular formula is C22H22N6O. The van der Waals surface area contributed by atoms with Gasteiger partial charge in [0.25, 0.3) is 0 Å². The Balaban J connectivity index is 1.90. The summed E-state index contributed by atoms with van der Waals surface area (Å²) < 4.78 is 1.78. The second-order valence-electron chi connectivity index (χ2n) is 7.06. The third kappa shape index (κ3) is 3.42. The minimum Gasteiger partial charge on any atom is -0.366 e. The molecule has 0 aliphatic heterocycles. The van der Waals surface area contributed by atoms with Crippen molar-refractivity contribution in [2.24, 2.45) is 5.73 Å². The van der Waals surface area contributed by atoms with Crippen LogP contribution in [0.3, 0.4) is 0 Å². The van der Waals surface area contributed by atoms with Crippen LogP contribution >= 0.6 is 0 Å². The highest BCUT2D eigenvalue weighted by Gasteiger charge is 2.24. The van der Waals surface area contributed by atoms with Crippen LogP contribution in [0.4, 0.5) is 0 Å². The van der Waals surface area contributed by atoms with Crippen molar-refractivity contribution in [3.63, 3.8) is 0 Å². The van der Waals surface area contributed by atoms with Gasteiger partial charge in [0, 0.05) is 28.3 Å². The summed E-state index contributed by atoms with van der Waals surface area (Å²) in [6, 6.07) is 16.9. The van der Waals surface area contributed by atoms with E-state index >= 15 is 0 Å². The molecule has 146 valence electrons. The number of aromatic nitrogens is 5. The monoisotopic (exact) mass is 386 g/mol. The molecule has 0 radical (unpaired) electrons. The number of rotatable bonds is 5. The van der Waals surface area contributed by atoms with Crippen LogP contribution in [0.15, 0.2) is 54.6 Å². The van der Waals surface area contributed by atoms with E-state index in [1.54, 1.807) is 22.9 Å². The van der Waals surface area contributed by atoms with Gasteiger partial charge in [0.05, 0.1) is 11.4 Å². The Kier molecular flexibility index (Phi) is 4.72. The molecule has 4 aromatic rings.